The third kappa shape index (κ3) is 7.31. The smallest absolute Gasteiger partial charge is 0.264 e. The standard InChI is InChI=1S/C31H36BrN3O4S/c1-23-12-9-10-19-29(23)35(40(38,39)28-17-7-4-8-18-28)22-30(36)34(21-25-13-11-14-26(32)20-25)24(2)31(37)33-27-15-5-3-6-16-27/h4,7-14,17-20,24,27H,3,5-6,15-16,21-22H2,1-2H3,(H,33,37)/t24-/m0/s1. The van der Waals surface area contributed by atoms with Crippen LogP contribution >= 0.6 is 15.9 Å². The highest BCUT2D eigenvalue weighted by Crippen LogP contribution is 2.27. The summed E-state index contributed by atoms with van der Waals surface area (Å²) >= 11 is 3.48. The SMILES string of the molecule is Cc1ccccc1N(CC(=O)N(Cc1cccc(Br)c1)[C@@H](C)C(=O)NC1CCCCC1)S(=O)(=O)c1ccccc1. The summed E-state index contributed by atoms with van der Waals surface area (Å²) in [5.41, 5.74) is 1.96. The first-order valence-electron chi connectivity index (χ1n) is 13.6. The van der Waals surface area contributed by atoms with Crippen molar-refractivity contribution in [1.29, 1.82) is 0 Å². The molecule has 0 unspecified atom stereocenters. The van der Waals surface area contributed by atoms with Crippen LogP contribution in [0.4, 0.5) is 5.69 Å². The van der Waals surface area contributed by atoms with E-state index in [1.54, 1.807) is 37.3 Å². The van der Waals surface area contributed by atoms with E-state index in [1.807, 2.05) is 43.3 Å². The molecule has 212 valence electrons. The van der Waals surface area contributed by atoms with Gasteiger partial charge in [0, 0.05) is 17.1 Å². The molecule has 0 radical (unpaired) electrons. The Balaban J connectivity index is 1.68. The van der Waals surface area contributed by atoms with E-state index in [0.717, 1.165) is 45.6 Å². The summed E-state index contributed by atoms with van der Waals surface area (Å²) in [6, 6.07) is 22.0. The van der Waals surface area contributed by atoms with E-state index in [2.05, 4.69) is 21.2 Å². The van der Waals surface area contributed by atoms with E-state index in [4.69, 9.17) is 0 Å². The molecule has 1 N–H and O–H groups in total. The Kier molecular flexibility index (Phi) is 10.0. The first-order chi connectivity index (χ1) is 19.2. The maximum atomic E-state index is 14.1. The largest absolute Gasteiger partial charge is 0.352 e. The number of carbonyl (C=O) groups is 2. The number of amides is 2. The highest BCUT2D eigenvalue weighted by Gasteiger charge is 2.33. The first kappa shape index (κ1) is 29.8. The molecule has 3 aromatic carbocycles. The van der Waals surface area contributed by atoms with E-state index < -0.39 is 28.5 Å². The molecule has 0 saturated heterocycles. The molecular formula is C31H36BrN3O4S. The molecule has 9 heteroatoms. The zero-order valence-corrected chi connectivity index (χ0v) is 25.3. The Hall–Kier alpha value is -3.17. The molecule has 7 nitrogen and oxygen atoms in total. The third-order valence-electron chi connectivity index (χ3n) is 7.36. The average Bonchev–Trinajstić information content (AvgIpc) is 2.95. The number of aryl methyl sites for hydroxylation is 1. The van der Waals surface area contributed by atoms with E-state index in [1.165, 1.54) is 23.5 Å². The highest BCUT2D eigenvalue weighted by atomic mass is 79.9. The summed E-state index contributed by atoms with van der Waals surface area (Å²) in [4.78, 5) is 29.0. The van der Waals surface area contributed by atoms with Crippen LogP contribution in [0.15, 0.2) is 88.2 Å². The number of sulfonamides is 1. The molecule has 0 spiro atoms. The number of carbonyl (C=O) groups excluding carboxylic acids is 2. The quantitative estimate of drug-likeness (QED) is 0.308. The molecular weight excluding hydrogens is 590 g/mol. The van der Waals surface area contributed by atoms with Crippen LogP contribution in [0.5, 0.6) is 0 Å². The van der Waals surface area contributed by atoms with Crippen LogP contribution in [-0.4, -0.2) is 43.8 Å². The Morgan fingerprint density at radius 1 is 0.950 bits per heavy atom. The Morgan fingerprint density at radius 2 is 1.62 bits per heavy atom. The minimum Gasteiger partial charge on any atom is -0.352 e. The monoisotopic (exact) mass is 625 g/mol. The molecule has 40 heavy (non-hydrogen) atoms. The van der Waals surface area contributed by atoms with Crippen LogP contribution in [0.2, 0.25) is 0 Å². The predicted octanol–water partition coefficient (Wildman–Crippen LogP) is 5.82. The van der Waals surface area contributed by atoms with Gasteiger partial charge in [-0.15, -0.1) is 0 Å². The summed E-state index contributed by atoms with van der Waals surface area (Å²) in [6.07, 6.45) is 5.16. The number of hydrogen-bond donors (Lipinski definition) is 1. The fourth-order valence-corrected chi connectivity index (χ4v) is 7.01. The van der Waals surface area contributed by atoms with Gasteiger partial charge in [0.25, 0.3) is 10.0 Å². The van der Waals surface area contributed by atoms with E-state index in [9.17, 15) is 18.0 Å². The van der Waals surface area contributed by atoms with Crippen LogP contribution in [0.1, 0.15) is 50.2 Å². The second-order valence-electron chi connectivity index (χ2n) is 10.3. The molecule has 0 aliphatic heterocycles. The van der Waals surface area contributed by atoms with Crippen LogP contribution in [0.25, 0.3) is 0 Å². The number of hydrogen-bond acceptors (Lipinski definition) is 4. The highest BCUT2D eigenvalue weighted by molar-refractivity contribution is 9.10. The van der Waals surface area contributed by atoms with Crippen molar-refractivity contribution >= 4 is 43.5 Å². The van der Waals surface area contributed by atoms with Gasteiger partial charge in [-0.05, 0) is 68.1 Å². The number of nitrogens with zero attached hydrogens (tertiary/aromatic N) is 2. The molecule has 2 amide bonds. The number of nitrogens with one attached hydrogen (secondary N) is 1. The van der Waals surface area contributed by atoms with Gasteiger partial charge in [0.15, 0.2) is 0 Å². The van der Waals surface area contributed by atoms with E-state index in [0.29, 0.717) is 5.69 Å². The zero-order chi connectivity index (χ0) is 28.7. The van der Waals surface area contributed by atoms with Crippen molar-refractivity contribution in [3.8, 4) is 0 Å². The van der Waals surface area contributed by atoms with Crippen LogP contribution in [0.3, 0.4) is 0 Å². The van der Waals surface area contributed by atoms with Crippen LogP contribution in [-0.2, 0) is 26.2 Å². The van der Waals surface area contributed by atoms with Crippen molar-refractivity contribution < 1.29 is 18.0 Å². The molecule has 4 rings (SSSR count). The molecule has 1 saturated carbocycles. The van der Waals surface area contributed by atoms with E-state index >= 15 is 0 Å². The maximum absolute atomic E-state index is 14.1. The van der Waals surface area contributed by atoms with Gasteiger partial charge in [-0.2, -0.15) is 0 Å². The fraction of sp³-hybridized carbons (Fsp3) is 0.355. The molecule has 0 bridgehead atoms. The van der Waals surface area contributed by atoms with Crippen molar-refractivity contribution in [2.75, 3.05) is 10.8 Å². The van der Waals surface area contributed by atoms with Gasteiger partial charge >= 0.3 is 0 Å². The second-order valence-corrected chi connectivity index (χ2v) is 13.1. The molecule has 1 aliphatic carbocycles. The fourth-order valence-electron chi connectivity index (χ4n) is 5.06. The van der Waals surface area contributed by atoms with Crippen LogP contribution < -0.4 is 9.62 Å². The molecule has 0 aromatic heterocycles. The van der Waals surface area contributed by atoms with Crippen molar-refractivity contribution in [1.82, 2.24) is 10.2 Å². The minimum atomic E-state index is -4.08. The molecule has 0 heterocycles. The number of para-hydroxylation sites is 1. The molecule has 3 aromatic rings. The van der Waals surface area contributed by atoms with Gasteiger partial charge in [-0.1, -0.05) is 83.7 Å². The molecule has 1 fully saturated rings. The number of halogens is 1. The van der Waals surface area contributed by atoms with Gasteiger partial charge in [0.05, 0.1) is 10.6 Å². The molecule has 1 atom stereocenters. The lowest BCUT2D eigenvalue weighted by molar-refractivity contribution is -0.139. The normalized spacial score (nSPS) is 14.8. The van der Waals surface area contributed by atoms with Gasteiger partial charge in [-0.25, -0.2) is 8.42 Å². The second kappa shape index (κ2) is 13.5. The Bertz CT molecular complexity index is 1430. The number of anilines is 1. The predicted molar refractivity (Wildman–Crippen MR) is 161 cm³/mol. The maximum Gasteiger partial charge on any atom is 0.264 e. The summed E-state index contributed by atoms with van der Waals surface area (Å²) in [5.74, 6) is -0.697. The summed E-state index contributed by atoms with van der Waals surface area (Å²) in [7, 11) is -4.08. The van der Waals surface area contributed by atoms with Crippen molar-refractivity contribution in [3.05, 3.63) is 94.5 Å². The average molecular weight is 627 g/mol. The number of rotatable bonds is 10. The lowest BCUT2D eigenvalue weighted by Crippen LogP contribution is -2.53. The van der Waals surface area contributed by atoms with Gasteiger partial charge in [0.2, 0.25) is 11.8 Å². The van der Waals surface area contributed by atoms with Crippen molar-refractivity contribution in [2.24, 2.45) is 0 Å². The van der Waals surface area contributed by atoms with Crippen LogP contribution in [0, 0.1) is 6.92 Å². The third-order valence-corrected chi connectivity index (χ3v) is 9.62. The summed E-state index contributed by atoms with van der Waals surface area (Å²) in [5, 5.41) is 3.13. The Labute approximate surface area is 245 Å². The minimum absolute atomic E-state index is 0.0904. The topological polar surface area (TPSA) is 86.8 Å². The summed E-state index contributed by atoms with van der Waals surface area (Å²) < 4.78 is 29.8. The number of benzene rings is 3. The lowest BCUT2D eigenvalue weighted by atomic mass is 9.95. The summed E-state index contributed by atoms with van der Waals surface area (Å²) in [6.45, 7) is 3.23. The lowest BCUT2D eigenvalue weighted by Gasteiger charge is -2.33. The van der Waals surface area contributed by atoms with Gasteiger partial charge in [0.1, 0.15) is 12.6 Å². The molecule has 1 aliphatic rings. The Morgan fingerprint density at radius 3 is 2.30 bits per heavy atom. The first-order valence-corrected chi connectivity index (χ1v) is 15.9. The van der Waals surface area contributed by atoms with Crippen molar-refractivity contribution in [3.63, 3.8) is 0 Å². The van der Waals surface area contributed by atoms with Gasteiger partial charge in [-0.3, -0.25) is 13.9 Å². The van der Waals surface area contributed by atoms with Crippen molar-refractivity contribution in [2.45, 2.75) is 69.5 Å². The van der Waals surface area contributed by atoms with Gasteiger partial charge < -0.3 is 10.2 Å². The van der Waals surface area contributed by atoms with E-state index in [-0.39, 0.29) is 23.4 Å². The zero-order valence-electron chi connectivity index (χ0n) is 22.9.